The lowest BCUT2D eigenvalue weighted by Crippen LogP contribution is -2.53. The maximum absolute atomic E-state index is 16.1. The Balaban J connectivity index is 0.000000116. The first-order valence-electron chi connectivity index (χ1n) is 40.2. The van der Waals surface area contributed by atoms with E-state index >= 15 is 13.2 Å². The highest BCUT2D eigenvalue weighted by molar-refractivity contribution is 6.33. The van der Waals surface area contributed by atoms with E-state index in [9.17, 15) is 44.1 Å². The Labute approximate surface area is 720 Å². The number of hydrogen-bond donors (Lipinski definition) is 6. The molecule has 3 saturated heterocycles. The summed E-state index contributed by atoms with van der Waals surface area (Å²) in [6.45, 7) is 10.4. The molecular weight excluding hydrogens is 1670 g/mol. The first kappa shape index (κ1) is 79.1. The van der Waals surface area contributed by atoms with Crippen molar-refractivity contribution < 1.29 is 57.3 Å². The zero-order valence-electron chi connectivity index (χ0n) is 65.1. The Morgan fingerprint density at radius 3 is 1.10 bits per heavy atom. The summed E-state index contributed by atoms with van der Waals surface area (Å²) in [6, 6.07) is 44.0. The number of carbonyl (C=O) groups excluding carboxylic acids is 3. The van der Waals surface area contributed by atoms with Crippen molar-refractivity contribution in [2.75, 3.05) is 35.6 Å². The van der Waals surface area contributed by atoms with Gasteiger partial charge in [0.1, 0.15) is 34.1 Å². The molecule has 12 aromatic rings. The van der Waals surface area contributed by atoms with Crippen molar-refractivity contribution in [3.63, 3.8) is 0 Å². The molecule has 0 bridgehead atoms. The van der Waals surface area contributed by atoms with Crippen LogP contribution in [0.4, 0.5) is 30.2 Å². The SMILES string of the molecule is CC(C)CCN1[C@H]2Cc3c4ccc(C(=O)O)cc4nn3C2[C@H](c2cccc(Cl)c2F)[C@]12C(=O)Nc1cc(Cl)ccc12.CC(C)CN1[C@H]2Cc3c4ccc(C(=O)O)cc4nn3C2[C@H](c2cccc(Cl)c2F)[C@]12C(=O)Nc1cc(Cl)ccc12.O=C(O)c1ccc2c3n(nc2c1)C1[C@H](C3)N(CC2CC2)[C@@]2(C(=O)Nc3cc(Cl)ccc32)[C@H]1c1cccc(Cl)c1F. The summed E-state index contributed by atoms with van der Waals surface area (Å²) in [6.07, 6.45) is 4.73. The molecule has 22 rings (SSSR count). The van der Waals surface area contributed by atoms with Crippen LogP contribution in [0.25, 0.3) is 32.7 Å². The number of aromatic carboxylic acids is 3. The molecule has 9 aliphatic heterocycles. The van der Waals surface area contributed by atoms with Gasteiger partial charge in [-0.05, 0) is 145 Å². The first-order chi connectivity index (χ1) is 58.0. The third-order valence-electron chi connectivity index (χ3n) is 26.9. The quantitative estimate of drug-likeness (QED) is 0.0627. The maximum atomic E-state index is 16.1. The molecule has 21 nitrogen and oxygen atoms in total. The van der Waals surface area contributed by atoms with Gasteiger partial charge < -0.3 is 31.3 Å². The number of nitrogens with zero attached hydrogens (tertiary/aromatic N) is 9. The van der Waals surface area contributed by atoms with Crippen molar-refractivity contribution in [3.8, 4) is 0 Å². The summed E-state index contributed by atoms with van der Waals surface area (Å²) in [4.78, 5) is 84.8. The summed E-state index contributed by atoms with van der Waals surface area (Å²) in [5.41, 5.74) is 6.42. The third-order valence-corrected chi connectivity index (χ3v) is 28.5. The smallest absolute Gasteiger partial charge is 0.335 e. The molecule has 10 aliphatic rings. The minimum Gasteiger partial charge on any atom is -0.478 e. The average Bonchev–Trinajstić information content (AvgIpc) is 1.50. The second-order valence-corrected chi connectivity index (χ2v) is 36.7. The average molecular weight is 1750 g/mol. The Morgan fingerprint density at radius 2 is 0.769 bits per heavy atom. The second-order valence-electron chi connectivity index (χ2n) is 34.2. The van der Waals surface area contributed by atoms with Gasteiger partial charge in [0.2, 0.25) is 17.7 Å². The van der Waals surface area contributed by atoms with Gasteiger partial charge in [-0.1, -0.05) is 170 Å². The Bertz CT molecular complexity index is 6290. The molecule has 3 unspecified atom stereocenters. The minimum atomic E-state index is -1.24. The number of rotatable bonds is 13. The summed E-state index contributed by atoms with van der Waals surface area (Å²) < 4.78 is 53.9. The molecule has 12 heterocycles. The maximum Gasteiger partial charge on any atom is 0.335 e. The molecule has 616 valence electrons. The lowest BCUT2D eigenvalue weighted by molar-refractivity contribution is -0.128. The van der Waals surface area contributed by atoms with Crippen molar-refractivity contribution in [3.05, 3.63) is 279 Å². The van der Waals surface area contributed by atoms with E-state index < -0.39 is 87.9 Å². The number of hydrogen-bond acceptors (Lipinski definition) is 12. The number of anilines is 3. The lowest BCUT2D eigenvalue weighted by atomic mass is 9.73. The number of carboxylic acids is 3. The fourth-order valence-corrected chi connectivity index (χ4v) is 23.2. The highest BCUT2D eigenvalue weighted by Gasteiger charge is 2.73. The fourth-order valence-electron chi connectivity index (χ4n) is 22.1. The molecule has 3 amide bonds. The first-order valence-corrected chi connectivity index (χ1v) is 42.5. The molecule has 1 saturated carbocycles. The van der Waals surface area contributed by atoms with Gasteiger partial charge in [-0.15, -0.1) is 0 Å². The van der Waals surface area contributed by atoms with E-state index in [1.807, 2.05) is 32.2 Å². The van der Waals surface area contributed by atoms with E-state index in [-0.39, 0.29) is 73.5 Å². The van der Waals surface area contributed by atoms with Crippen LogP contribution in [-0.2, 0) is 50.3 Å². The molecule has 0 radical (unpaired) electrons. The van der Waals surface area contributed by atoms with Crippen LogP contribution in [-0.4, -0.2) is 133 Å². The van der Waals surface area contributed by atoms with Crippen molar-refractivity contribution in [1.82, 2.24) is 44.0 Å². The monoisotopic (exact) mass is 1750 g/mol. The van der Waals surface area contributed by atoms with Crippen LogP contribution in [0.1, 0.15) is 164 Å². The van der Waals surface area contributed by atoms with Crippen LogP contribution in [0.2, 0.25) is 30.1 Å². The predicted octanol–water partition coefficient (Wildman–Crippen LogP) is 18.9. The van der Waals surface area contributed by atoms with E-state index in [0.717, 1.165) is 69.2 Å². The summed E-state index contributed by atoms with van der Waals surface area (Å²) >= 11 is 38.1. The van der Waals surface area contributed by atoms with Crippen molar-refractivity contribution in [1.29, 1.82) is 0 Å². The Morgan fingerprint density at radius 1 is 0.438 bits per heavy atom. The number of amides is 3. The topological polar surface area (TPSA) is 262 Å². The van der Waals surface area contributed by atoms with Gasteiger partial charge in [0.25, 0.3) is 0 Å². The van der Waals surface area contributed by atoms with Crippen LogP contribution in [0, 0.1) is 35.2 Å². The zero-order chi connectivity index (χ0) is 84.4. The second kappa shape index (κ2) is 28.9. The van der Waals surface area contributed by atoms with E-state index in [2.05, 4.69) is 58.3 Å². The van der Waals surface area contributed by atoms with Gasteiger partial charge in [0.15, 0.2) is 0 Å². The fraction of sp³-hybridized carbons (Fsp3) is 0.308. The highest BCUT2D eigenvalue weighted by Crippen LogP contribution is 2.68. The number of fused-ring (bicyclic) bond motifs is 21. The normalized spacial score (nSPS) is 25.5. The number of benzene rings is 9. The molecule has 1 aliphatic carbocycles. The molecule has 30 heteroatoms. The molecule has 3 spiro atoms. The number of aromatic nitrogens is 6. The molecule has 12 atom stereocenters. The van der Waals surface area contributed by atoms with Crippen molar-refractivity contribution in [2.45, 2.75) is 137 Å². The van der Waals surface area contributed by atoms with Gasteiger partial charge in [0, 0.05) is 157 Å². The highest BCUT2D eigenvalue weighted by atomic mass is 35.5. The summed E-state index contributed by atoms with van der Waals surface area (Å²) in [7, 11) is 0. The van der Waals surface area contributed by atoms with E-state index in [0.29, 0.717) is 116 Å². The Hall–Kier alpha value is -10.4. The van der Waals surface area contributed by atoms with Gasteiger partial charge in [-0.25, -0.2) is 27.6 Å². The molecule has 9 aromatic carbocycles. The molecule has 121 heavy (non-hydrogen) atoms. The lowest BCUT2D eigenvalue weighted by Gasteiger charge is -2.40. The van der Waals surface area contributed by atoms with Crippen LogP contribution < -0.4 is 16.0 Å². The number of halogens is 9. The number of carboxylic acid groups (broad SMARTS) is 3. The van der Waals surface area contributed by atoms with Crippen LogP contribution in [0.5, 0.6) is 0 Å². The predicted molar refractivity (Wildman–Crippen MR) is 455 cm³/mol. The van der Waals surface area contributed by atoms with Crippen LogP contribution >= 0.6 is 69.6 Å². The molecule has 4 fully saturated rings. The van der Waals surface area contributed by atoms with Crippen LogP contribution in [0.15, 0.2) is 164 Å². The number of carbonyl (C=O) groups is 6. The van der Waals surface area contributed by atoms with Crippen molar-refractivity contribution >= 4 is 155 Å². The zero-order valence-corrected chi connectivity index (χ0v) is 69.6. The largest absolute Gasteiger partial charge is 0.478 e. The van der Waals surface area contributed by atoms with E-state index in [1.165, 1.54) is 18.2 Å². The summed E-state index contributed by atoms with van der Waals surface area (Å²) in [5.74, 6) is -6.46. The van der Waals surface area contributed by atoms with Crippen LogP contribution in [0.3, 0.4) is 0 Å². The van der Waals surface area contributed by atoms with Gasteiger partial charge >= 0.3 is 17.9 Å². The van der Waals surface area contributed by atoms with E-state index in [4.69, 9.17) is 84.9 Å². The number of likely N-dealkylation sites (tertiary alicyclic amines) is 3. The summed E-state index contributed by atoms with van der Waals surface area (Å²) in [5, 5.41) is 56.6. The standard InChI is InChI=1S/C31H27Cl2FN4O3.C30H23Cl2FN4O3.C30H25Cl2FN4O3/c1-15(2)10-11-37-25-14-24-18-8-6-16(29(39)40)12-22(18)36-38(24)28(25)26(19-4-3-5-21(33)27(19)34)31(37)20-9-7-17(32)13-23(20)35-30(31)41;31-16-7-9-19-22(11-16)34-29(40)30(19)25(18-2-1-3-20(32)26(18)33)27-24(36(30)13-14-4-5-14)12-23-17-8-6-15(28(38)39)10-21(17)35-37(23)27;1-14(2)13-36-24-12-23-17-8-6-15(28(38)39)10-21(17)35-37(23)27(24)25(18-4-3-5-20(32)26(18)33)30(36)19-9-7-16(31)11-22(19)34-29(30)40/h3-9,12-13,15,25-26,28H,10-11,14H2,1-2H3,(H,35,41)(H,39,40);1-3,6-11,14,24-25,27H,4-5,12-13H2,(H,34,40)(H,38,39);3-11,14,24-25,27H,12-13H2,1-2H3,(H,34,40)(H,38,39)/t25-,26-,28?,31+;2*24-,25-,27?,30+/m000/s1. The van der Waals surface area contributed by atoms with Gasteiger partial charge in [-0.3, -0.25) is 43.1 Å². The number of nitrogens with one attached hydrogen (secondary N) is 3. The van der Waals surface area contributed by atoms with Gasteiger partial charge in [0.05, 0.1) is 66.4 Å². The molecule has 6 N–H and O–H groups in total. The Kier molecular flexibility index (Phi) is 18.9. The molecule has 3 aromatic heterocycles. The van der Waals surface area contributed by atoms with E-state index in [1.54, 1.807) is 127 Å². The minimum absolute atomic E-state index is 0.00507. The molecular formula is C91H75Cl6F3N12O9. The van der Waals surface area contributed by atoms with Crippen molar-refractivity contribution in [2.24, 2.45) is 17.8 Å². The third kappa shape index (κ3) is 11.7. The van der Waals surface area contributed by atoms with Gasteiger partial charge in [-0.2, -0.15) is 15.3 Å².